The monoisotopic (exact) mass is 442 g/mol. The number of rotatable bonds is 8. The van der Waals surface area contributed by atoms with E-state index in [9.17, 15) is 19.2 Å². The van der Waals surface area contributed by atoms with Gasteiger partial charge in [0, 0.05) is 12.6 Å². The molecule has 0 bridgehead atoms. The third-order valence-corrected chi connectivity index (χ3v) is 6.53. The molecule has 2 heterocycles. The first-order valence-electron chi connectivity index (χ1n) is 11.3. The Labute approximate surface area is 187 Å². The van der Waals surface area contributed by atoms with Crippen LogP contribution in [0.3, 0.4) is 0 Å². The Kier molecular flexibility index (Phi) is 6.98. The molecule has 9 heteroatoms. The standard InChI is InChI=1S/C23H30N4O5/c24-15-8-6-14(7-9-15)13-25-10-3-11-32-18-12-19(28)26-21(29)20(18)27-22(30)16-4-1-2-5-17(16)23(27)31/h1-2,4-5,14-15,18,20,25H,3,6-13,24H2,(H,26,28,29)/t14?,15?,18-,20-/m1/s1. The Hall–Kier alpha value is -2.62. The topological polar surface area (TPSA) is 131 Å². The average molecular weight is 443 g/mol. The summed E-state index contributed by atoms with van der Waals surface area (Å²) in [5.74, 6) is -1.59. The van der Waals surface area contributed by atoms with E-state index < -0.39 is 35.8 Å². The predicted octanol–water partition coefficient (Wildman–Crippen LogP) is 0.580. The number of fused-ring (bicyclic) bond motifs is 1. The maximum atomic E-state index is 12.8. The summed E-state index contributed by atoms with van der Waals surface area (Å²) in [6.07, 6.45) is 4.18. The van der Waals surface area contributed by atoms with Crippen molar-refractivity contribution in [3.63, 3.8) is 0 Å². The number of hydrogen-bond donors (Lipinski definition) is 3. The fourth-order valence-electron chi connectivity index (χ4n) is 4.75. The van der Waals surface area contributed by atoms with Crippen LogP contribution in [0.25, 0.3) is 0 Å². The van der Waals surface area contributed by atoms with Crippen molar-refractivity contribution in [1.29, 1.82) is 0 Å². The van der Waals surface area contributed by atoms with Gasteiger partial charge in [0.25, 0.3) is 17.7 Å². The highest BCUT2D eigenvalue weighted by molar-refractivity contribution is 6.23. The first-order chi connectivity index (χ1) is 15.5. The number of carbonyl (C=O) groups is 4. The SMILES string of the molecule is NC1CCC(CNCCCO[C@@H]2CC(=O)NC(=O)[C@@H]2N2C(=O)c3ccccc3C2=O)CC1. The molecule has 2 atom stereocenters. The largest absolute Gasteiger partial charge is 0.375 e. The second kappa shape index (κ2) is 9.89. The van der Waals surface area contributed by atoms with Gasteiger partial charge in [-0.05, 0) is 63.2 Å². The van der Waals surface area contributed by atoms with E-state index in [-0.39, 0.29) is 17.5 Å². The normalized spacial score (nSPS) is 28.1. The molecule has 2 aliphatic heterocycles. The first kappa shape index (κ1) is 22.6. The zero-order valence-corrected chi connectivity index (χ0v) is 18.0. The second-order valence-electron chi connectivity index (χ2n) is 8.84. The number of ether oxygens (including phenoxy) is 1. The van der Waals surface area contributed by atoms with Crippen molar-refractivity contribution >= 4 is 23.6 Å². The lowest BCUT2D eigenvalue weighted by molar-refractivity contribution is -0.144. The molecule has 1 saturated heterocycles. The summed E-state index contributed by atoms with van der Waals surface area (Å²) >= 11 is 0. The van der Waals surface area contributed by atoms with Crippen LogP contribution in [-0.4, -0.2) is 66.4 Å². The second-order valence-corrected chi connectivity index (χ2v) is 8.84. The molecule has 3 aliphatic rings. The molecule has 1 aliphatic carbocycles. The number of hydrogen-bond acceptors (Lipinski definition) is 7. The average Bonchev–Trinajstić information content (AvgIpc) is 3.02. The molecular weight excluding hydrogens is 412 g/mol. The van der Waals surface area contributed by atoms with Gasteiger partial charge < -0.3 is 15.8 Å². The van der Waals surface area contributed by atoms with Gasteiger partial charge in [-0.1, -0.05) is 12.1 Å². The minimum atomic E-state index is -1.17. The molecule has 4 N–H and O–H groups in total. The van der Waals surface area contributed by atoms with Crippen LogP contribution in [0.5, 0.6) is 0 Å². The van der Waals surface area contributed by atoms with E-state index in [4.69, 9.17) is 10.5 Å². The molecule has 2 fully saturated rings. The fourth-order valence-corrected chi connectivity index (χ4v) is 4.75. The molecule has 0 spiro atoms. The van der Waals surface area contributed by atoms with Gasteiger partial charge >= 0.3 is 0 Å². The number of nitrogens with zero attached hydrogens (tertiary/aromatic N) is 1. The van der Waals surface area contributed by atoms with Gasteiger partial charge in [-0.2, -0.15) is 0 Å². The molecule has 1 saturated carbocycles. The number of amides is 4. The van der Waals surface area contributed by atoms with Crippen LogP contribution in [0.1, 0.15) is 59.2 Å². The van der Waals surface area contributed by atoms with Crippen molar-refractivity contribution in [2.75, 3.05) is 19.7 Å². The van der Waals surface area contributed by atoms with E-state index in [2.05, 4.69) is 10.6 Å². The zero-order valence-electron chi connectivity index (χ0n) is 18.0. The van der Waals surface area contributed by atoms with E-state index >= 15 is 0 Å². The van der Waals surface area contributed by atoms with E-state index in [1.807, 2.05) is 0 Å². The molecule has 32 heavy (non-hydrogen) atoms. The Morgan fingerprint density at radius 3 is 2.34 bits per heavy atom. The zero-order chi connectivity index (χ0) is 22.7. The van der Waals surface area contributed by atoms with Crippen LogP contribution in [-0.2, 0) is 14.3 Å². The summed E-state index contributed by atoms with van der Waals surface area (Å²) < 4.78 is 5.87. The lowest BCUT2D eigenvalue weighted by Crippen LogP contribution is -2.61. The molecule has 0 radical (unpaired) electrons. The maximum Gasteiger partial charge on any atom is 0.262 e. The van der Waals surface area contributed by atoms with Crippen LogP contribution in [0.4, 0.5) is 0 Å². The van der Waals surface area contributed by atoms with Crippen LogP contribution in [0.2, 0.25) is 0 Å². The molecule has 172 valence electrons. The minimum absolute atomic E-state index is 0.0838. The fraction of sp³-hybridized carbons (Fsp3) is 0.565. The summed E-state index contributed by atoms with van der Waals surface area (Å²) in [6.45, 7) is 2.00. The maximum absolute atomic E-state index is 12.8. The number of nitrogens with one attached hydrogen (secondary N) is 2. The predicted molar refractivity (Wildman–Crippen MR) is 116 cm³/mol. The van der Waals surface area contributed by atoms with Crippen molar-refractivity contribution in [1.82, 2.24) is 15.5 Å². The van der Waals surface area contributed by atoms with E-state index in [0.29, 0.717) is 25.0 Å². The smallest absolute Gasteiger partial charge is 0.262 e. The summed E-state index contributed by atoms with van der Waals surface area (Å²) in [4.78, 5) is 51.1. The van der Waals surface area contributed by atoms with Gasteiger partial charge in [0.2, 0.25) is 5.91 Å². The van der Waals surface area contributed by atoms with E-state index in [1.54, 1.807) is 24.3 Å². The minimum Gasteiger partial charge on any atom is -0.375 e. The number of nitrogens with two attached hydrogens (primary N) is 1. The Morgan fingerprint density at radius 2 is 1.69 bits per heavy atom. The van der Waals surface area contributed by atoms with Gasteiger partial charge in [-0.15, -0.1) is 0 Å². The van der Waals surface area contributed by atoms with Gasteiger partial charge in [0.15, 0.2) is 0 Å². The Bertz CT molecular complexity index is 861. The van der Waals surface area contributed by atoms with Crippen LogP contribution in [0, 0.1) is 5.92 Å². The lowest BCUT2D eigenvalue weighted by Gasteiger charge is -2.34. The van der Waals surface area contributed by atoms with Gasteiger partial charge in [0.1, 0.15) is 6.04 Å². The summed E-state index contributed by atoms with van der Waals surface area (Å²) in [5.41, 5.74) is 6.46. The lowest BCUT2D eigenvalue weighted by atomic mass is 9.86. The number of imide groups is 2. The van der Waals surface area contributed by atoms with Crippen molar-refractivity contribution in [2.24, 2.45) is 11.7 Å². The highest BCUT2D eigenvalue weighted by Gasteiger charge is 2.49. The Morgan fingerprint density at radius 1 is 1.03 bits per heavy atom. The number of piperidine rings is 1. The molecule has 4 amide bonds. The molecular formula is C23H30N4O5. The van der Waals surface area contributed by atoms with Gasteiger partial charge in [0.05, 0.1) is 23.7 Å². The highest BCUT2D eigenvalue weighted by Crippen LogP contribution is 2.28. The summed E-state index contributed by atoms with van der Waals surface area (Å²) in [7, 11) is 0. The first-order valence-corrected chi connectivity index (χ1v) is 11.3. The van der Waals surface area contributed by atoms with Crippen molar-refractivity contribution < 1.29 is 23.9 Å². The number of benzene rings is 1. The highest BCUT2D eigenvalue weighted by atomic mass is 16.5. The van der Waals surface area contributed by atoms with Gasteiger partial charge in [-0.3, -0.25) is 29.4 Å². The Balaban J connectivity index is 1.31. The van der Waals surface area contributed by atoms with Crippen LogP contribution < -0.4 is 16.4 Å². The molecule has 1 aromatic rings. The summed E-state index contributed by atoms with van der Waals surface area (Å²) in [5, 5.41) is 5.66. The number of carbonyl (C=O) groups excluding carboxylic acids is 4. The third kappa shape index (κ3) is 4.74. The summed E-state index contributed by atoms with van der Waals surface area (Å²) in [6, 6.07) is 5.62. The van der Waals surface area contributed by atoms with E-state index in [1.165, 1.54) is 0 Å². The molecule has 9 nitrogen and oxygen atoms in total. The molecule has 0 unspecified atom stereocenters. The van der Waals surface area contributed by atoms with Crippen LogP contribution >= 0.6 is 0 Å². The molecule has 4 rings (SSSR count). The van der Waals surface area contributed by atoms with Crippen molar-refractivity contribution in [2.45, 2.75) is 56.7 Å². The van der Waals surface area contributed by atoms with Crippen LogP contribution in [0.15, 0.2) is 24.3 Å². The molecule has 0 aromatic heterocycles. The van der Waals surface area contributed by atoms with Gasteiger partial charge in [-0.25, -0.2) is 0 Å². The third-order valence-electron chi connectivity index (χ3n) is 6.53. The van der Waals surface area contributed by atoms with E-state index in [0.717, 1.165) is 43.7 Å². The quantitative estimate of drug-likeness (QED) is 0.396. The van der Waals surface area contributed by atoms with Crippen molar-refractivity contribution in [3.05, 3.63) is 35.4 Å². The molecule has 1 aromatic carbocycles. The van der Waals surface area contributed by atoms with Crippen molar-refractivity contribution in [3.8, 4) is 0 Å².